The number of hydrogen-bond donors (Lipinski definition) is 0. The van der Waals surface area contributed by atoms with Crippen LogP contribution in [-0.2, 0) is 11.8 Å². The Hall–Kier alpha value is -7.62. The minimum Gasteiger partial charge on any atom is -0.313 e. The number of rotatable bonds is 6. The summed E-state index contributed by atoms with van der Waals surface area (Å²) < 4.78 is 7.46. The zero-order valence-corrected chi connectivity index (χ0v) is 36.9. The van der Waals surface area contributed by atoms with Crippen LogP contribution in [0, 0.1) is 0 Å². The van der Waals surface area contributed by atoms with E-state index in [4.69, 9.17) is 0 Å². The van der Waals surface area contributed by atoms with Crippen LogP contribution in [0.15, 0.2) is 206 Å². The van der Waals surface area contributed by atoms with Gasteiger partial charge in [-0.25, -0.2) is 0 Å². The molecule has 0 amide bonds. The van der Waals surface area contributed by atoms with Gasteiger partial charge in [-0.3, -0.25) is 0 Å². The molecule has 0 saturated heterocycles. The van der Waals surface area contributed by atoms with Gasteiger partial charge in [-0.1, -0.05) is 141 Å². The second-order valence-corrected chi connectivity index (χ2v) is 18.6. The Morgan fingerprint density at radius 1 is 0.446 bits per heavy atom. The highest BCUT2D eigenvalue weighted by atomic mass is 15.0. The highest BCUT2D eigenvalue weighted by Crippen LogP contribution is 2.52. The molecule has 312 valence electrons. The molecule has 2 aliphatic carbocycles. The van der Waals surface area contributed by atoms with E-state index >= 15 is 0 Å². The average Bonchev–Trinajstić information content (AvgIpc) is 4.01. The van der Waals surface area contributed by atoms with Crippen molar-refractivity contribution in [3.63, 3.8) is 0 Å². The molecule has 0 N–H and O–H groups in total. The van der Waals surface area contributed by atoms with Gasteiger partial charge in [0.05, 0.1) is 27.6 Å². The van der Waals surface area contributed by atoms with Crippen molar-refractivity contribution in [2.75, 3.05) is 0 Å². The van der Waals surface area contributed by atoms with Crippen LogP contribution in [0.1, 0.15) is 55.8 Å². The second-order valence-electron chi connectivity index (χ2n) is 18.6. The lowest BCUT2D eigenvalue weighted by Gasteiger charge is -2.41. The Morgan fingerprint density at radius 3 is 1.69 bits per heavy atom. The van der Waals surface area contributed by atoms with Crippen molar-refractivity contribution in [2.45, 2.75) is 50.9 Å². The Labute approximate surface area is 379 Å². The van der Waals surface area contributed by atoms with Gasteiger partial charge >= 0.3 is 0 Å². The first-order valence-electron chi connectivity index (χ1n) is 23.4. The number of benzene rings is 8. The largest absolute Gasteiger partial charge is 0.313 e. The van der Waals surface area contributed by atoms with E-state index in [1.807, 2.05) is 0 Å². The van der Waals surface area contributed by atoms with Crippen molar-refractivity contribution in [1.29, 1.82) is 0 Å². The lowest BCUT2D eigenvalue weighted by molar-refractivity contribution is 0.343. The predicted octanol–water partition coefficient (Wildman–Crippen LogP) is 16.4. The molecule has 0 aliphatic heterocycles. The number of allylic oxidation sites excluding steroid dienone is 4. The molecule has 65 heavy (non-hydrogen) atoms. The zero-order chi connectivity index (χ0) is 43.2. The van der Waals surface area contributed by atoms with Crippen LogP contribution in [0.25, 0.3) is 93.8 Å². The van der Waals surface area contributed by atoms with E-state index in [1.54, 1.807) is 0 Å². The lowest BCUT2D eigenvalue weighted by atomic mass is 9.63. The predicted molar refractivity (Wildman–Crippen MR) is 275 cm³/mol. The standard InChI is InChI=1S/C62H49N3/c1-41-61-54-39-45(44-28-33-57-52(38-44)50-22-12-14-24-55(50)63(57)47-18-8-4-9-19-47)29-34-59(54)65(49-31-26-43(27-32-49)42-16-6-3-7-17-42)60(61)36-37-62(41,2)46-30-35-58-53(40-46)51-23-13-15-25-56(51)64(58)48-20-10-5-11-21-48/h3-4,6-10,12-35,38-41H,5,11,36-37H2,1-2H3. The number of hydrogen-bond acceptors (Lipinski definition) is 0. The summed E-state index contributed by atoms with van der Waals surface area (Å²) in [6.07, 6.45) is 11.2. The Morgan fingerprint density at radius 2 is 0.985 bits per heavy atom. The summed E-state index contributed by atoms with van der Waals surface area (Å²) in [6, 6.07) is 70.2. The number of fused-ring (bicyclic) bond motifs is 9. The summed E-state index contributed by atoms with van der Waals surface area (Å²) in [7, 11) is 0. The van der Waals surface area contributed by atoms with Crippen molar-refractivity contribution in [3.05, 3.63) is 223 Å². The molecule has 2 aliphatic rings. The molecule has 2 unspecified atom stereocenters. The van der Waals surface area contributed by atoms with Gasteiger partial charge < -0.3 is 13.7 Å². The first-order valence-corrected chi connectivity index (χ1v) is 23.4. The summed E-state index contributed by atoms with van der Waals surface area (Å²) in [6.45, 7) is 5.04. The zero-order valence-electron chi connectivity index (χ0n) is 36.9. The van der Waals surface area contributed by atoms with Crippen LogP contribution in [-0.4, -0.2) is 13.7 Å². The third-order valence-electron chi connectivity index (χ3n) is 15.2. The van der Waals surface area contributed by atoms with E-state index < -0.39 is 0 Å². The summed E-state index contributed by atoms with van der Waals surface area (Å²) >= 11 is 0. The van der Waals surface area contributed by atoms with Gasteiger partial charge in [0.15, 0.2) is 0 Å². The minimum absolute atomic E-state index is 0.0845. The highest BCUT2D eigenvalue weighted by Gasteiger charge is 2.41. The topological polar surface area (TPSA) is 14.8 Å². The second kappa shape index (κ2) is 14.7. The Bertz CT molecular complexity index is 3720. The Kier molecular flexibility index (Phi) is 8.58. The van der Waals surface area contributed by atoms with Crippen molar-refractivity contribution < 1.29 is 0 Å². The first-order chi connectivity index (χ1) is 32.0. The minimum atomic E-state index is -0.0845. The van der Waals surface area contributed by atoms with Gasteiger partial charge in [-0.05, 0) is 149 Å². The van der Waals surface area contributed by atoms with Crippen molar-refractivity contribution in [1.82, 2.24) is 13.7 Å². The summed E-state index contributed by atoms with van der Waals surface area (Å²) in [5, 5.41) is 6.55. The molecule has 0 saturated carbocycles. The average molecular weight is 836 g/mol. The first kappa shape index (κ1) is 37.9. The molecule has 0 radical (unpaired) electrons. The third-order valence-corrected chi connectivity index (χ3v) is 15.2. The fourth-order valence-electron chi connectivity index (χ4n) is 11.7. The van der Waals surface area contributed by atoms with Crippen LogP contribution >= 0.6 is 0 Å². The van der Waals surface area contributed by atoms with Crippen LogP contribution in [0.3, 0.4) is 0 Å². The molecule has 0 spiro atoms. The normalized spacial score (nSPS) is 17.4. The molecule has 13 rings (SSSR count). The summed E-state index contributed by atoms with van der Waals surface area (Å²) in [5.74, 6) is 0.259. The molecule has 11 aromatic rings. The van der Waals surface area contributed by atoms with Crippen molar-refractivity contribution in [2.24, 2.45) is 0 Å². The third kappa shape index (κ3) is 5.81. The van der Waals surface area contributed by atoms with E-state index in [9.17, 15) is 0 Å². The number of nitrogens with zero attached hydrogens (tertiary/aromatic N) is 3. The van der Waals surface area contributed by atoms with E-state index in [1.165, 1.54) is 111 Å². The highest BCUT2D eigenvalue weighted by molar-refractivity contribution is 6.12. The molecule has 8 aromatic carbocycles. The molecular formula is C62H49N3. The maximum atomic E-state index is 2.58. The van der Waals surface area contributed by atoms with Gasteiger partial charge in [-0.2, -0.15) is 0 Å². The van der Waals surface area contributed by atoms with Crippen molar-refractivity contribution >= 4 is 60.2 Å². The van der Waals surface area contributed by atoms with Crippen LogP contribution < -0.4 is 0 Å². The number of aromatic nitrogens is 3. The fourth-order valence-corrected chi connectivity index (χ4v) is 11.7. The molecule has 2 atom stereocenters. The van der Waals surface area contributed by atoms with E-state index in [-0.39, 0.29) is 11.3 Å². The van der Waals surface area contributed by atoms with Gasteiger partial charge in [-0.15, -0.1) is 0 Å². The molecule has 0 bridgehead atoms. The van der Waals surface area contributed by atoms with Gasteiger partial charge in [0.25, 0.3) is 0 Å². The summed E-state index contributed by atoms with van der Waals surface area (Å²) in [5.41, 5.74) is 19.2. The van der Waals surface area contributed by atoms with Crippen molar-refractivity contribution in [3.8, 4) is 33.6 Å². The molecule has 3 nitrogen and oxygen atoms in total. The smallest absolute Gasteiger partial charge is 0.0541 e. The maximum absolute atomic E-state index is 2.58. The molecular weight excluding hydrogens is 787 g/mol. The maximum Gasteiger partial charge on any atom is 0.0541 e. The van der Waals surface area contributed by atoms with Gasteiger partial charge in [0.1, 0.15) is 0 Å². The SMILES string of the molecule is CC1c2c(n(-c3ccc(-c4ccccc4)cc3)c3ccc(-c4ccc5c(c4)c4ccccc4n5-c4ccccc4)cc23)CCC1(C)c1ccc2c(c1)c1ccccc1n2C1=CCCC=C1. The molecule has 3 heteroatoms. The van der Waals surface area contributed by atoms with E-state index in [2.05, 4.69) is 234 Å². The van der Waals surface area contributed by atoms with Crippen LogP contribution in [0.5, 0.6) is 0 Å². The number of para-hydroxylation sites is 3. The molecule has 3 heterocycles. The monoisotopic (exact) mass is 835 g/mol. The summed E-state index contributed by atoms with van der Waals surface area (Å²) in [4.78, 5) is 0. The van der Waals surface area contributed by atoms with Gasteiger partial charge in [0.2, 0.25) is 0 Å². The fraction of sp³-hybridized carbons (Fsp3) is 0.129. The quantitative estimate of drug-likeness (QED) is 0.159. The van der Waals surface area contributed by atoms with Gasteiger partial charge in [0, 0.05) is 49.7 Å². The van der Waals surface area contributed by atoms with Crippen LogP contribution in [0.4, 0.5) is 0 Å². The van der Waals surface area contributed by atoms with Crippen LogP contribution in [0.2, 0.25) is 0 Å². The molecule has 3 aromatic heterocycles. The van der Waals surface area contributed by atoms with E-state index in [0.29, 0.717) is 0 Å². The molecule has 0 fully saturated rings. The lowest BCUT2D eigenvalue weighted by Crippen LogP contribution is -2.34. The van der Waals surface area contributed by atoms with E-state index in [0.717, 1.165) is 25.7 Å². The Balaban J connectivity index is 0.981.